The maximum Gasteiger partial charge on any atom is 0.252 e. The second kappa shape index (κ2) is 8.59. The molecule has 1 aromatic heterocycles. The van der Waals surface area contributed by atoms with Gasteiger partial charge in [0.15, 0.2) is 0 Å². The minimum absolute atomic E-state index is 0.0587. The largest absolute Gasteiger partial charge is 0.396 e. The first-order chi connectivity index (χ1) is 12.9. The Hall–Kier alpha value is -0.960. The molecule has 0 spiro atoms. The predicted molar refractivity (Wildman–Crippen MR) is 106 cm³/mol. The molecule has 0 bridgehead atoms. The topological polar surface area (TPSA) is 86.7 Å². The number of hydrogen-bond acceptors (Lipinski definition) is 5. The Morgan fingerprint density at radius 3 is 2.67 bits per heavy atom. The van der Waals surface area contributed by atoms with Crippen LogP contribution >= 0.6 is 11.3 Å². The Kier molecular flexibility index (Phi) is 6.61. The number of carbonyl (C=O) groups excluding carboxylic acids is 1. The molecule has 1 amide bonds. The van der Waals surface area contributed by atoms with Gasteiger partial charge in [-0.2, -0.15) is 4.31 Å². The van der Waals surface area contributed by atoms with Crippen LogP contribution < -0.4 is 5.32 Å². The zero-order chi connectivity index (χ0) is 19.5. The third-order valence-corrected chi connectivity index (χ3v) is 9.19. The van der Waals surface area contributed by atoms with Crippen LogP contribution in [-0.2, 0) is 14.8 Å². The minimum Gasteiger partial charge on any atom is -0.396 e. The third-order valence-electron chi connectivity index (χ3n) is 5.85. The van der Waals surface area contributed by atoms with Crippen molar-refractivity contribution in [2.45, 2.75) is 68.0 Å². The number of aliphatic hydroxyl groups excluding tert-OH is 1. The quantitative estimate of drug-likeness (QED) is 0.749. The van der Waals surface area contributed by atoms with Gasteiger partial charge in [-0.1, -0.05) is 19.3 Å². The Balaban J connectivity index is 1.69. The van der Waals surface area contributed by atoms with E-state index in [0.29, 0.717) is 30.0 Å². The lowest BCUT2D eigenvalue weighted by Crippen LogP contribution is -2.54. The van der Waals surface area contributed by atoms with Crippen LogP contribution in [0.5, 0.6) is 0 Å². The van der Waals surface area contributed by atoms with Crippen molar-refractivity contribution < 1.29 is 18.3 Å². The third kappa shape index (κ3) is 4.72. The van der Waals surface area contributed by atoms with Crippen molar-refractivity contribution in [2.75, 3.05) is 19.7 Å². The van der Waals surface area contributed by atoms with E-state index in [1.165, 1.54) is 22.1 Å². The summed E-state index contributed by atoms with van der Waals surface area (Å²) in [5.41, 5.74) is -0.323. The lowest BCUT2D eigenvalue weighted by Gasteiger charge is -2.40. The average molecular weight is 415 g/mol. The van der Waals surface area contributed by atoms with Crippen molar-refractivity contribution in [3.8, 4) is 0 Å². The lowest BCUT2D eigenvalue weighted by molar-refractivity contribution is -0.128. The van der Waals surface area contributed by atoms with Crippen molar-refractivity contribution in [1.29, 1.82) is 0 Å². The number of piperidine rings is 1. The lowest BCUT2D eigenvalue weighted by atomic mass is 9.79. The van der Waals surface area contributed by atoms with E-state index in [1.54, 1.807) is 6.07 Å². The second-order valence-corrected chi connectivity index (χ2v) is 11.3. The Morgan fingerprint density at radius 1 is 1.30 bits per heavy atom. The molecule has 0 aromatic carbocycles. The van der Waals surface area contributed by atoms with E-state index in [4.69, 9.17) is 0 Å². The molecule has 1 saturated carbocycles. The number of nitrogens with one attached hydrogen (secondary N) is 1. The van der Waals surface area contributed by atoms with Crippen LogP contribution in [0, 0.1) is 12.8 Å². The van der Waals surface area contributed by atoms with Gasteiger partial charge in [-0.25, -0.2) is 8.42 Å². The molecule has 1 aromatic rings. The summed E-state index contributed by atoms with van der Waals surface area (Å²) in [5.74, 6) is -0.389. The molecule has 1 atom stereocenters. The van der Waals surface area contributed by atoms with Gasteiger partial charge in [-0.05, 0) is 51.2 Å². The number of hydrogen-bond donors (Lipinski definition) is 2. The van der Waals surface area contributed by atoms with Gasteiger partial charge in [-0.3, -0.25) is 4.79 Å². The summed E-state index contributed by atoms with van der Waals surface area (Å²) >= 11 is 1.27. The molecule has 1 saturated heterocycles. The molecule has 1 aliphatic carbocycles. The Morgan fingerprint density at radius 2 is 2.04 bits per heavy atom. The van der Waals surface area contributed by atoms with Gasteiger partial charge < -0.3 is 10.4 Å². The van der Waals surface area contributed by atoms with Crippen LogP contribution in [-0.4, -0.2) is 49.0 Å². The summed E-state index contributed by atoms with van der Waals surface area (Å²) in [6.07, 6.45) is 7.03. The number of amides is 1. The normalized spacial score (nSPS) is 23.9. The van der Waals surface area contributed by atoms with Gasteiger partial charge in [0, 0.05) is 30.1 Å². The molecule has 0 radical (unpaired) electrons. The van der Waals surface area contributed by atoms with Gasteiger partial charge in [0.2, 0.25) is 5.91 Å². The molecule has 2 heterocycles. The van der Waals surface area contributed by atoms with Gasteiger partial charge in [0.1, 0.15) is 4.21 Å². The van der Waals surface area contributed by atoms with Crippen LogP contribution in [0.1, 0.15) is 56.2 Å². The average Bonchev–Trinajstić information content (AvgIpc) is 3.10. The first-order valence-corrected chi connectivity index (χ1v) is 12.1. The smallest absolute Gasteiger partial charge is 0.252 e. The molecule has 27 heavy (non-hydrogen) atoms. The summed E-state index contributed by atoms with van der Waals surface area (Å²) in [7, 11) is -3.53. The van der Waals surface area contributed by atoms with E-state index in [2.05, 4.69) is 5.32 Å². The summed E-state index contributed by atoms with van der Waals surface area (Å²) in [4.78, 5) is 13.9. The highest BCUT2D eigenvalue weighted by molar-refractivity contribution is 7.91. The van der Waals surface area contributed by atoms with Gasteiger partial charge in [-0.15, -0.1) is 11.3 Å². The molecule has 6 nitrogen and oxygen atoms in total. The molecule has 1 aliphatic heterocycles. The molecule has 2 fully saturated rings. The predicted octanol–water partition coefficient (Wildman–Crippen LogP) is 2.66. The number of thiophene rings is 1. The molecular weight excluding hydrogens is 384 g/mol. The fourth-order valence-corrected chi connectivity index (χ4v) is 7.26. The van der Waals surface area contributed by atoms with E-state index in [9.17, 15) is 18.3 Å². The number of sulfonamides is 1. The highest BCUT2D eigenvalue weighted by Gasteiger charge is 2.38. The van der Waals surface area contributed by atoms with E-state index >= 15 is 0 Å². The van der Waals surface area contributed by atoms with Gasteiger partial charge in [0.25, 0.3) is 10.0 Å². The molecule has 152 valence electrons. The number of rotatable bonds is 6. The molecule has 3 rings (SSSR count). The zero-order valence-corrected chi connectivity index (χ0v) is 17.6. The van der Waals surface area contributed by atoms with Crippen molar-refractivity contribution in [3.05, 3.63) is 17.0 Å². The Labute approximate surface area is 166 Å². The van der Waals surface area contributed by atoms with E-state index < -0.39 is 10.0 Å². The summed E-state index contributed by atoms with van der Waals surface area (Å²) in [6, 6.07) is 3.46. The van der Waals surface area contributed by atoms with Crippen LogP contribution in [0.25, 0.3) is 0 Å². The van der Waals surface area contributed by atoms with Crippen LogP contribution in [0.2, 0.25) is 0 Å². The minimum atomic E-state index is -3.53. The molecule has 2 aliphatic rings. The van der Waals surface area contributed by atoms with E-state index in [0.717, 1.165) is 30.6 Å². The summed E-state index contributed by atoms with van der Waals surface area (Å²) in [6.45, 7) is 2.65. The molecule has 0 unspecified atom stereocenters. The summed E-state index contributed by atoms with van der Waals surface area (Å²) < 4.78 is 27.6. The Bertz CT molecular complexity index is 748. The highest BCUT2D eigenvalue weighted by Crippen LogP contribution is 2.33. The van der Waals surface area contributed by atoms with Crippen molar-refractivity contribution >= 4 is 27.3 Å². The standard InChI is InChI=1S/C19H30N2O4S2/c1-15-7-8-17(26-15)27(24,25)21-12-5-6-16(14-21)18(23)20-19(11-13-22)9-3-2-4-10-19/h7-8,16,22H,2-6,9-14H2,1H3,(H,20,23)/t16-/m1/s1. The molecular formula is C19H30N2O4S2. The molecule has 2 N–H and O–H groups in total. The maximum absolute atomic E-state index is 12.9. The van der Waals surface area contributed by atoms with Crippen LogP contribution in [0.15, 0.2) is 16.3 Å². The van der Waals surface area contributed by atoms with Gasteiger partial charge >= 0.3 is 0 Å². The van der Waals surface area contributed by atoms with Crippen LogP contribution in [0.3, 0.4) is 0 Å². The van der Waals surface area contributed by atoms with Crippen molar-refractivity contribution in [3.63, 3.8) is 0 Å². The zero-order valence-electron chi connectivity index (χ0n) is 15.9. The number of nitrogens with zero attached hydrogens (tertiary/aromatic N) is 1. The highest BCUT2D eigenvalue weighted by atomic mass is 32.2. The monoisotopic (exact) mass is 414 g/mol. The SMILES string of the molecule is Cc1ccc(S(=O)(=O)N2CCC[C@@H](C(=O)NC3(CCO)CCCCC3)C2)s1. The van der Waals surface area contributed by atoms with Crippen molar-refractivity contribution in [2.24, 2.45) is 5.92 Å². The van der Waals surface area contributed by atoms with Crippen molar-refractivity contribution in [1.82, 2.24) is 9.62 Å². The fraction of sp³-hybridized carbons (Fsp3) is 0.737. The second-order valence-electron chi connectivity index (χ2n) is 7.87. The fourth-order valence-electron chi connectivity index (χ4n) is 4.30. The maximum atomic E-state index is 12.9. The first kappa shape index (κ1) is 20.8. The van der Waals surface area contributed by atoms with E-state index in [-0.39, 0.29) is 30.5 Å². The number of carbonyl (C=O) groups is 1. The number of aliphatic hydroxyl groups is 1. The number of aryl methyl sites for hydroxylation is 1. The molecule has 8 heteroatoms. The summed E-state index contributed by atoms with van der Waals surface area (Å²) in [5, 5.41) is 12.6. The van der Waals surface area contributed by atoms with Gasteiger partial charge in [0.05, 0.1) is 5.92 Å². The van der Waals surface area contributed by atoms with Crippen LogP contribution in [0.4, 0.5) is 0 Å². The first-order valence-electron chi connectivity index (χ1n) is 9.86. The van der Waals surface area contributed by atoms with E-state index in [1.807, 2.05) is 13.0 Å².